The predicted molar refractivity (Wildman–Crippen MR) is 42.6 cm³/mol. The number of hydrogen-bond donors (Lipinski definition) is 1. The van der Waals surface area contributed by atoms with Gasteiger partial charge in [-0.25, -0.2) is 0 Å². The van der Waals surface area contributed by atoms with Crippen LogP contribution in [0.25, 0.3) is 0 Å². The highest BCUT2D eigenvalue weighted by molar-refractivity contribution is 4.81. The van der Waals surface area contributed by atoms with Crippen molar-refractivity contribution in [2.45, 2.75) is 26.2 Å². The number of hydrogen-bond acceptors (Lipinski definition) is 1. The lowest BCUT2D eigenvalue weighted by Crippen LogP contribution is -2.05. The Balaban J connectivity index is 2.86. The van der Waals surface area contributed by atoms with Crippen molar-refractivity contribution in [3.63, 3.8) is 0 Å². The fraction of sp³-hybridized carbons (Fsp3) is 0.750. The van der Waals surface area contributed by atoms with Crippen molar-refractivity contribution in [3.8, 4) is 0 Å². The van der Waals surface area contributed by atoms with Crippen molar-refractivity contribution in [1.29, 1.82) is 0 Å². The minimum Gasteiger partial charge on any atom is -0.319 e. The molecule has 0 aliphatic carbocycles. The molecule has 0 unspecified atom stereocenters. The third-order valence-corrected chi connectivity index (χ3v) is 1.18. The van der Waals surface area contributed by atoms with E-state index in [2.05, 4.69) is 24.4 Å². The van der Waals surface area contributed by atoms with E-state index in [9.17, 15) is 0 Å². The van der Waals surface area contributed by atoms with Crippen LogP contribution in [0.1, 0.15) is 26.2 Å². The summed E-state index contributed by atoms with van der Waals surface area (Å²) >= 11 is 0. The molecular weight excluding hydrogens is 110 g/mol. The Labute approximate surface area is 58.2 Å². The maximum absolute atomic E-state index is 3.09. The van der Waals surface area contributed by atoms with Gasteiger partial charge in [-0.1, -0.05) is 25.5 Å². The smallest absolute Gasteiger partial charge is 0.00173 e. The van der Waals surface area contributed by atoms with E-state index >= 15 is 0 Å². The zero-order valence-electron chi connectivity index (χ0n) is 6.48. The molecular formula is C8H17N. The van der Waals surface area contributed by atoms with Crippen molar-refractivity contribution in [3.05, 3.63) is 12.2 Å². The molecule has 0 saturated carbocycles. The van der Waals surface area contributed by atoms with Crippen LogP contribution in [-0.4, -0.2) is 13.6 Å². The predicted octanol–water partition coefficient (Wildman–Crippen LogP) is 1.95. The first-order valence-electron chi connectivity index (χ1n) is 3.71. The molecule has 1 heteroatoms. The molecule has 0 aromatic rings. The average Bonchev–Trinajstić information content (AvgIpc) is 1.89. The SMILES string of the molecule is CCCC=CCCNC. The Hall–Kier alpha value is -0.300. The normalized spacial score (nSPS) is 10.9. The maximum Gasteiger partial charge on any atom is -0.00173 e. The molecule has 0 saturated heterocycles. The van der Waals surface area contributed by atoms with Gasteiger partial charge in [0.25, 0.3) is 0 Å². The van der Waals surface area contributed by atoms with Crippen molar-refractivity contribution < 1.29 is 0 Å². The van der Waals surface area contributed by atoms with Gasteiger partial charge < -0.3 is 5.32 Å². The molecule has 9 heavy (non-hydrogen) atoms. The van der Waals surface area contributed by atoms with E-state index in [0.717, 1.165) is 13.0 Å². The highest BCUT2D eigenvalue weighted by atomic mass is 14.8. The molecule has 0 rings (SSSR count). The fourth-order valence-corrected chi connectivity index (χ4v) is 0.630. The summed E-state index contributed by atoms with van der Waals surface area (Å²) in [6, 6.07) is 0. The van der Waals surface area contributed by atoms with Gasteiger partial charge in [-0.05, 0) is 26.4 Å². The van der Waals surface area contributed by atoms with Gasteiger partial charge in [0, 0.05) is 0 Å². The number of allylic oxidation sites excluding steroid dienone is 1. The molecule has 54 valence electrons. The molecule has 0 bridgehead atoms. The minimum atomic E-state index is 1.10. The Morgan fingerprint density at radius 2 is 1.89 bits per heavy atom. The molecule has 0 heterocycles. The van der Waals surface area contributed by atoms with Gasteiger partial charge in [0.1, 0.15) is 0 Å². The molecule has 0 radical (unpaired) electrons. The van der Waals surface area contributed by atoms with Crippen LogP contribution in [-0.2, 0) is 0 Å². The van der Waals surface area contributed by atoms with E-state index in [-0.39, 0.29) is 0 Å². The first-order valence-corrected chi connectivity index (χ1v) is 3.71. The summed E-state index contributed by atoms with van der Waals surface area (Å²) in [7, 11) is 1.98. The van der Waals surface area contributed by atoms with Gasteiger partial charge in [-0.2, -0.15) is 0 Å². The quantitative estimate of drug-likeness (QED) is 0.439. The molecule has 0 atom stereocenters. The van der Waals surface area contributed by atoms with Gasteiger partial charge in [-0.3, -0.25) is 0 Å². The number of rotatable bonds is 5. The zero-order valence-corrected chi connectivity index (χ0v) is 6.48. The lowest BCUT2D eigenvalue weighted by Gasteiger charge is -1.89. The van der Waals surface area contributed by atoms with Crippen molar-refractivity contribution in [1.82, 2.24) is 5.32 Å². The summed E-state index contributed by atoms with van der Waals surface area (Å²) in [6.07, 6.45) is 8.13. The standard InChI is InChI=1S/C8H17N/c1-3-4-5-6-7-8-9-2/h5-6,9H,3-4,7-8H2,1-2H3. The molecule has 0 aliphatic rings. The number of nitrogens with one attached hydrogen (secondary N) is 1. The highest BCUT2D eigenvalue weighted by Gasteiger charge is 1.75. The largest absolute Gasteiger partial charge is 0.319 e. The first kappa shape index (κ1) is 8.70. The van der Waals surface area contributed by atoms with E-state index in [1.165, 1.54) is 12.8 Å². The van der Waals surface area contributed by atoms with Crippen LogP contribution in [0, 0.1) is 0 Å². The van der Waals surface area contributed by atoms with Crippen LogP contribution in [0.3, 0.4) is 0 Å². The van der Waals surface area contributed by atoms with E-state index in [4.69, 9.17) is 0 Å². The summed E-state index contributed by atoms with van der Waals surface area (Å²) in [5, 5.41) is 3.09. The van der Waals surface area contributed by atoms with Crippen LogP contribution in [0.5, 0.6) is 0 Å². The van der Waals surface area contributed by atoms with Crippen LogP contribution in [0.2, 0.25) is 0 Å². The van der Waals surface area contributed by atoms with E-state index in [1.54, 1.807) is 0 Å². The van der Waals surface area contributed by atoms with Gasteiger partial charge >= 0.3 is 0 Å². The molecule has 0 aliphatic heterocycles. The van der Waals surface area contributed by atoms with Crippen LogP contribution in [0.4, 0.5) is 0 Å². The first-order chi connectivity index (χ1) is 4.41. The van der Waals surface area contributed by atoms with E-state index in [1.807, 2.05) is 7.05 Å². The summed E-state index contributed by atoms with van der Waals surface area (Å²) in [4.78, 5) is 0. The molecule has 0 aromatic heterocycles. The monoisotopic (exact) mass is 127 g/mol. The summed E-state index contributed by atoms with van der Waals surface area (Å²) in [5.74, 6) is 0. The third-order valence-electron chi connectivity index (χ3n) is 1.18. The average molecular weight is 127 g/mol. The second-order valence-electron chi connectivity index (χ2n) is 2.15. The molecule has 0 aromatic carbocycles. The van der Waals surface area contributed by atoms with E-state index in [0.29, 0.717) is 0 Å². The second-order valence-corrected chi connectivity index (χ2v) is 2.15. The Morgan fingerprint density at radius 3 is 2.44 bits per heavy atom. The summed E-state index contributed by atoms with van der Waals surface area (Å²) in [6.45, 7) is 3.29. The van der Waals surface area contributed by atoms with E-state index < -0.39 is 0 Å². The topological polar surface area (TPSA) is 12.0 Å². The van der Waals surface area contributed by atoms with Gasteiger partial charge in [-0.15, -0.1) is 0 Å². The molecule has 0 amide bonds. The van der Waals surface area contributed by atoms with Crippen LogP contribution < -0.4 is 5.32 Å². The van der Waals surface area contributed by atoms with Gasteiger partial charge in [0.05, 0.1) is 0 Å². The molecule has 1 nitrogen and oxygen atoms in total. The van der Waals surface area contributed by atoms with Gasteiger partial charge in [0.15, 0.2) is 0 Å². The third kappa shape index (κ3) is 7.70. The lowest BCUT2D eigenvalue weighted by atomic mass is 10.3. The molecule has 0 spiro atoms. The molecule has 0 fully saturated rings. The summed E-state index contributed by atoms with van der Waals surface area (Å²) < 4.78 is 0. The summed E-state index contributed by atoms with van der Waals surface area (Å²) in [5.41, 5.74) is 0. The Kier molecular flexibility index (Phi) is 7.44. The molecule has 1 N–H and O–H groups in total. The minimum absolute atomic E-state index is 1.10. The number of unbranched alkanes of at least 4 members (excludes halogenated alkanes) is 1. The Morgan fingerprint density at radius 1 is 1.22 bits per heavy atom. The zero-order chi connectivity index (χ0) is 6.95. The second kappa shape index (κ2) is 7.70. The lowest BCUT2D eigenvalue weighted by molar-refractivity contribution is 0.804. The van der Waals surface area contributed by atoms with Crippen LogP contribution in [0.15, 0.2) is 12.2 Å². The van der Waals surface area contributed by atoms with Crippen LogP contribution >= 0.6 is 0 Å². The Bertz CT molecular complexity index is 67.0. The van der Waals surface area contributed by atoms with Crippen molar-refractivity contribution >= 4 is 0 Å². The fourth-order valence-electron chi connectivity index (χ4n) is 0.630. The highest BCUT2D eigenvalue weighted by Crippen LogP contribution is 1.89. The van der Waals surface area contributed by atoms with Gasteiger partial charge in [0.2, 0.25) is 0 Å². The van der Waals surface area contributed by atoms with Crippen molar-refractivity contribution in [2.24, 2.45) is 0 Å². The van der Waals surface area contributed by atoms with Crippen molar-refractivity contribution in [2.75, 3.05) is 13.6 Å². The maximum atomic E-state index is 3.09.